The molecular weight excluding hydrogens is 402 g/mol. The molecule has 4 nitrogen and oxygen atoms in total. The van der Waals surface area contributed by atoms with E-state index in [2.05, 4.69) is 12.1 Å². The van der Waals surface area contributed by atoms with Gasteiger partial charge in [-0.15, -0.1) is 11.3 Å². The van der Waals surface area contributed by atoms with E-state index in [-0.39, 0.29) is 5.78 Å². The molecule has 0 amide bonds. The molecule has 0 fully saturated rings. The minimum atomic E-state index is -0.398. The highest BCUT2D eigenvalue weighted by atomic mass is 35.5. The third-order valence-corrected chi connectivity index (χ3v) is 7.11. The van der Waals surface area contributed by atoms with Crippen molar-refractivity contribution in [1.29, 1.82) is 5.26 Å². The van der Waals surface area contributed by atoms with Gasteiger partial charge in [0.1, 0.15) is 5.82 Å². The Morgan fingerprint density at radius 2 is 2.00 bits per heavy atom. The number of benzene rings is 1. The van der Waals surface area contributed by atoms with E-state index >= 15 is 0 Å². The van der Waals surface area contributed by atoms with Crippen LogP contribution in [0.5, 0.6) is 0 Å². The molecule has 0 unspecified atom stereocenters. The maximum atomic E-state index is 13.1. The summed E-state index contributed by atoms with van der Waals surface area (Å²) in [6.45, 7) is 6.02. The highest BCUT2D eigenvalue weighted by Crippen LogP contribution is 2.48. The summed E-state index contributed by atoms with van der Waals surface area (Å²) >= 11 is 8.05. The summed E-state index contributed by atoms with van der Waals surface area (Å²) in [5.74, 6) is 0.0852. The Morgan fingerprint density at radius 3 is 2.62 bits per heavy atom. The first kappa shape index (κ1) is 19.8. The lowest BCUT2D eigenvalue weighted by Gasteiger charge is -2.39. The fourth-order valence-corrected chi connectivity index (χ4v) is 5.49. The van der Waals surface area contributed by atoms with Gasteiger partial charge in [-0.2, -0.15) is 5.26 Å². The second-order valence-electron chi connectivity index (χ2n) is 7.62. The number of aryl methyl sites for hydroxylation is 3. The molecule has 1 aromatic carbocycles. The van der Waals surface area contributed by atoms with E-state index in [0.717, 1.165) is 45.1 Å². The van der Waals surface area contributed by atoms with E-state index in [9.17, 15) is 10.1 Å². The molecule has 1 atom stereocenters. The Labute approximate surface area is 179 Å². The second-order valence-corrected chi connectivity index (χ2v) is 9.49. The van der Waals surface area contributed by atoms with Crippen LogP contribution in [0.1, 0.15) is 46.1 Å². The van der Waals surface area contributed by atoms with E-state index in [1.54, 1.807) is 11.3 Å². The number of carbonyl (C=O) groups is 1. The van der Waals surface area contributed by atoms with Crippen molar-refractivity contribution in [3.63, 3.8) is 0 Å². The van der Waals surface area contributed by atoms with Gasteiger partial charge in [-0.05, 0) is 62.9 Å². The molecule has 1 aliphatic heterocycles. The maximum absolute atomic E-state index is 13.1. The van der Waals surface area contributed by atoms with Crippen LogP contribution in [0.15, 0.2) is 46.9 Å². The van der Waals surface area contributed by atoms with Gasteiger partial charge in [-0.3, -0.25) is 9.69 Å². The van der Waals surface area contributed by atoms with Crippen molar-refractivity contribution < 1.29 is 4.79 Å². The molecule has 0 saturated heterocycles. The zero-order chi connectivity index (χ0) is 20.9. The lowest BCUT2D eigenvalue weighted by Crippen LogP contribution is -2.38. The van der Waals surface area contributed by atoms with Crippen LogP contribution in [0.2, 0.25) is 5.02 Å². The van der Waals surface area contributed by atoms with Gasteiger partial charge in [0.15, 0.2) is 5.78 Å². The monoisotopic (exact) mass is 423 g/mol. The van der Waals surface area contributed by atoms with Gasteiger partial charge in [0, 0.05) is 38.2 Å². The van der Waals surface area contributed by atoms with Crippen molar-refractivity contribution in [3.8, 4) is 6.07 Å². The summed E-state index contributed by atoms with van der Waals surface area (Å²) < 4.78 is 0. The Bertz CT molecular complexity index is 1140. The number of thiophene rings is 1. The van der Waals surface area contributed by atoms with Gasteiger partial charge in [0.25, 0.3) is 0 Å². The Kier molecular flexibility index (Phi) is 5.02. The largest absolute Gasteiger partial charge is 0.384 e. The molecule has 0 bridgehead atoms. The highest BCUT2D eigenvalue weighted by molar-refractivity contribution is 7.12. The number of ketones is 1. The average Bonchev–Trinajstić information content (AvgIpc) is 3.01. The van der Waals surface area contributed by atoms with Crippen LogP contribution in [0, 0.1) is 32.1 Å². The smallest absolute Gasteiger partial charge is 0.161 e. The van der Waals surface area contributed by atoms with Crippen LogP contribution in [0.4, 0.5) is 5.69 Å². The summed E-state index contributed by atoms with van der Waals surface area (Å²) in [5.41, 5.74) is 11.4. The number of carbonyl (C=O) groups excluding carboxylic acids is 1. The summed E-state index contributed by atoms with van der Waals surface area (Å²) in [6.07, 6.45) is 2.01. The van der Waals surface area contributed by atoms with Crippen LogP contribution in [0.3, 0.4) is 0 Å². The van der Waals surface area contributed by atoms with E-state index in [0.29, 0.717) is 28.4 Å². The number of allylic oxidation sites excluding steroid dienone is 3. The topological polar surface area (TPSA) is 70.1 Å². The molecule has 2 aliphatic rings. The van der Waals surface area contributed by atoms with Gasteiger partial charge in [0.2, 0.25) is 0 Å². The average molecular weight is 424 g/mol. The fraction of sp³-hybridized carbons (Fsp3) is 0.304. The van der Waals surface area contributed by atoms with E-state index in [1.165, 1.54) is 0 Å². The quantitative estimate of drug-likeness (QED) is 0.679. The second kappa shape index (κ2) is 7.37. The van der Waals surface area contributed by atoms with Crippen molar-refractivity contribution >= 4 is 34.4 Å². The van der Waals surface area contributed by atoms with Crippen molar-refractivity contribution in [2.45, 2.75) is 46.0 Å². The lowest BCUT2D eigenvalue weighted by atomic mass is 9.75. The first-order valence-electron chi connectivity index (χ1n) is 9.62. The minimum Gasteiger partial charge on any atom is -0.384 e. The summed E-state index contributed by atoms with van der Waals surface area (Å²) in [4.78, 5) is 17.3. The van der Waals surface area contributed by atoms with Crippen molar-refractivity contribution in [2.75, 3.05) is 4.90 Å². The molecule has 2 N–H and O–H groups in total. The van der Waals surface area contributed by atoms with Gasteiger partial charge in [-0.1, -0.05) is 17.7 Å². The van der Waals surface area contributed by atoms with Crippen molar-refractivity contribution in [2.24, 2.45) is 5.73 Å². The number of nitriles is 1. The molecule has 0 spiro atoms. The summed E-state index contributed by atoms with van der Waals surface area (Å²) in [6, 6.07) is 10.1. The molecule has 2 aromatic rings. The predicted octanol–water partition coefficient (Wildman–Crippen LogP) is 5.63. The number of hydrogen-bond acceptors (Lipinski definition) is 5. The van der Waals surface area contributed by atoms with Gasteiger partial charge >= 0.3 is 0 Å². The Balaban J connectivity index is 1.99. The third-order valence-electron chi connectivity index (χ3n) is 5.72. The molecule has 0 saturated carbocycles. The van der Waals surface area contributed by atoms with Crippen molar-refractivity contribution in [3.05, 3.63) is 72.8 Å². The zero-order valence-electron chi connectivity index (χ0n) is 16.7. The number of rotatable bonds is 2. The first-order chi connectivity index (χ1) is 13.8. The zero-order valence-corrected chi connectivity index (χ0v) is 18.2. The molecule has 148 valence electrons. The van der Waals surface area contributed by atoms with Gasteiger partial charge in [-0.25, -0.2) is 0 Å². The number of halogens is 1. The maximum Gasteiger partial charge on any atom is 0.161 e. The molecule has 6 heteroatoms. The number of nitrogens with two attached hydrogens (primary N) is 1. The van der Waals surface area contributed by atoms with Crippen LogP contribution < -0.4 is 10.6 Å². The standard InChI is InChI=1S/C23H22ClN3OS/c1-12-7-8-15(10-18(12)24)27-19-5-4-6-20(28)22(19)21(17(11-25)23(27)26)16-9-13(2)29-14(16)3/h7-10,21H,4-6,26H2,1-3H3/t21-/m1/s1. The van der Waals surface area contributed by atoms with Crippen LogP contribution in [-0.4, -0.2) is 5.78 Å². The fourth-order valence-electron chi connectivity index (χ4n) is 4.35. The lowest BCUT2D eigenvalue weighted by molar-refractivity contribution is -0.116. The number of Topliss-reactive ketones (excluding diaryl/α,β-unsaturated/α-hetero) is 1. The van der Waals surface area contributed by atoms with Crippen LogP contribution in [-0.2, 0) is 4.79 Å². The molecule has 4 rings (SSSR count). The molecule has 0 radical (unpaired) electrons. The number of nitrogens with zero attached hydrogens (tertiary/aromatic N) is 2. The summed E-state index contributed by atoms with van der Waals surface area (Å²) in [5, 5.41) is 10.7. The van der Waals surface area contributed by atoms with Crippen LogP contribution in [0.25, 0.3) is 0 Å². The predicted molar refractivity (Wildman–Crippen MR) is 118 cm³/mol. The van der Waals surface area contributed by atoms with Gasteiger partial charge < -0.3 is 5.73 Å². The minimum absolute atomic E-state index is 0.1000. The first-order valence-corrected chi connectivity index (χ1v) is 10.8. The number of hydrogen-bond donors (Lipinski definition) is 1. The van der Waals surface area contributed by atoms with E-state index < -0.39 is 5.92 Å². The van der Waals surface area contributed by atoms with Crippen molar-refractivity contribution in [1.82, 2.24) is 0 Å². The number of anilines is 1. The molecular formula is C23H22ClN3OS. The molecule has 29 heavy (non-hydrogen) atoms. The molecule has 2 heterocycles. The summed E-state index contributed by atoms with van der Waals surface area (Å²) in [7, 11) is 0. The Morgan fingerprint density at radius 1 is 1.24 bits per heavy atom. The molecule has 1 aromatic heterocycles. The SMILES string of the molecule is Cc1cc([C@@H]2C(C#N)=C(N)N(c3ccc(C)c(Cl)c3)C3=C2C(=O)CCC3)c(C)s1. The molecule has 1 aliphatic carbocycles. The Hall–Kier alpha value is -2.55. The van der Waals surface area contributed by atoms with E-state index in [4.69, 9.17) is 17.3 Å². The third kappa shape index (κ3) is 3.17. The normalized spacial score (nSPS) is 19.5. The van der Waals surface area contributed by atoms with Gasteiger partial charge in [0.05, 0.1) is 17.6 Å². The van der Waals surface area contributed by atoms with Crippen LogP contribution >= 0.6 is 22.9 Å². The van der Waals surface area contributed by atoms with E-state index in [1.807, 2.05) is 43.9 Å². The highest BCUT2D eigenvalue weighted by Gasteiger charge is 2.41.